The Morgan fingerprint density at radius 2 is 1.06 bits per heavy atom. The molecule has 3 heterocycles. The van der Waals surface area contributed by atoms with Crippen LogP contribution in [0.5, 0.6) is 11.5 Å². The van der Waals surface area contributed by atoms with Gasteiger partial charge >= 0.3 is 0 Å². The zero-order valence-electron chi connectivity index (χ0n) is 18.7. The lowest BCUT2D eigenvalue weighted by Crippen LogP contribution is -2.50. The summed E-state index contributed by atoms with van der Waals surface area (Å²) in [5.74, 6) is 1.71. The second-order valence-electron chi connectivity index (χ2n) is 8.94. The van der Waals surface area contributed by atoms with Gasteiger partial charge in [0, 0.05) is 0 Å². The molecule has 6 aromatic rings. The molecule has 0 spiro atoms. The van der Waals surface area contributed by atoms with E-state index in [9.17, 15) is 0 Å². The fraction of sp³-hybridized carbons (Fsp3) is 0.103. The van der Waals surface area contributed by atoms with E-state index in [1.165, 1.54) is 33.2 Å². The molecule has 0 atom stereocenters. The lowest BCUT2D eigenvalue weighted by Gasteiger charge is -2.09. The van der Waals surface area contributed by atoms with Crippen LogP contribution in [0.1, 0.15) is 11.1 Å². The molecule has 0 aliphatic carbocycles. The Labute approximate surface area is 197 Å². The molecule has 0 saturated heterocycles. The van der Waals surface area contributed by atoms with E-state index in [2.05, 4.69) is 116 Å². The molecule has 4 aromatic carbocycles. The second-order valence-corrected chi connectivity index (χ2v) is 8.94. The fourth-order valence-corrected chi connectivity index (χ4v) is 5.07. The van der Waals surface area contributed by atoms with Gasteiger partial charge in [-0.05, 0) is 59.7 Å². The van der Waals surface area contributed by atoms with Crippen molar-refractivity contribution in [3.05, 3.63) is 121 Å². The van der Waals surface area contributed by atoms with Gasteiger partial charge < -0.3 is 4.74 Å². The normalized spacial score (nSPS) is 13.2. The molecule has 0 amide bonds. The maximum atomic E-state index is 6.28. The van der Waals surface area contributed by atoms with Crippen LogP contribution in [0, 0.1) is 0 Å². The van der Waals surface area contributed by atoms with Gasteiger partial charge in [-0.25, -0.2) is 9.13 Å². The van der Waals surface area contributed by atoms with Crippen molar-refractivity contribution in [3.8, 4) is 11.5 Å². The van der Waals surface area contributed by atoms with E-state index in [1.54, 1.807) is 0 Å². The minimum Gasteiger partial charge on any atom is -0.457 e. The third-order valence-electron chi connectivity index (χ3n) is 6.60. The Kier molecular flexibility index (Phi) is 4.27. The van der Waals surface area contributed by atoms with E-state index >= 15 is 0 Å². The van der Waals surface area contributed by atoms with Crippen molar-refractivity contribution in [2.24, 2.45) is 0 Å². The third-order valence-corrected chi connectivity index (χ3v) is 6.60. The van der Waals surface area contributed by atoms with Gasteiger partial charge in [-0.2, -0.15) is 9.13 Å². The van der Waals surface area contributed by atoms with Gasteiger partial charge in [0.05, 0.1) is 0 Å². The minimum atomic E-state index is 0.740. The summed E-state index contributed by atoms with van der Waals surface area (Å²) in [6.45, 7) is 2.29. The van der Waals surface area contributed by atoms with Crippen LogP contribution in [0.15, 0.2) is 110 Å². The van der Waals surface area contributed by atoms with Crippen LogP contribution in [0.25, 0.3) is 22.1 Å². The largest absolute Gasteiger partial charge is 0.457 e. The molecule has 0 fully saturated rings. The maximum Gasteiger partial charge on any atom is 0.248 e. The second kappa shape index (κ2) is 7.59. The van der Waals surface area contributed by atoms with Gasteiger partial charge in [0.25, 0.3) is 0 Å². The highest BCUT2D eigenvalue weighted by Gasteiger charge is 2.22. The Hall–Kier alpha value is -4.38. The summed E-state index contributed by atoms with van der Waals surface area (Å²) in [6, 6.07) is 34.0. The Bertz CT molecular complexity index is 1550. The molecule has 8 bridgehead atoms. The van der Waals surface area contributed by atoms with Gasteiger partial charge in [0.15, 0.2) is 22.1 Å². The van der Waals surface area contributed by atoms with Crippen molar-refractivity contribution in [2.45, 2.75) is 19.8 Å². The summed E-state index contributed by atoms with van der Waals surface area (Å²) in [4.78, 5) is 0. The van der Waals surface area contributed by atoms with Crippen LogP contribution >= 0.6 is 0 Å². The summed E-state index contributed by atoms with van der Waals surface area (Å²) in [5.41, 5.74) is 7.28. The Morgan fingerprint density at radius 1 is 0.559 bits per heavy atom. The summed E-state index contributed by atoms with van der Waals surface area (Å²) < 4.78 is 15.6. The van der Waals surface area contributed by atoms with Gasteiger partial charge in [-0.15, -0.1) is 0 Å². The average Bonchev–Trinajstić information content (AvgIpc) is 3.38. The van der Waals surface area contributed by atoms with Crippen molar-refractivity contribution in [1.29, 1.82) is 0 Å². The first-order valence-corrected chi connectivity index (χ1v) is 11.6. The standard InChI is InChI=1S/C29H24N4O/c1-3-13-28-26(11-1)30-17-22-7-5-9-24(15-22)34-25-10-6-8-23(16-25)18-31-20-33(21-32(28)19-30)29-14-4-2-12-27(29)31/h1-16,19-20H,17-18,21H2/q+2. The summed E-state index contributed by atoms with van der Waals surface area (Å²) >= 11 is 0. The van der Waals surface area contributed by atoms with Gasteiger partial charge in [-0.3, -0.25) is 0 Å². The number of rotatable bonds is 0. The predicted octanol–water partition coefficient (Wildman–Crippen LogP) is 4.88. The Balaban J connectivity index is 1.46. The van der Waals surface area contributed by atoms with E-state index in [1.807, 2.05) is 12.1 Å². The average molecular weight is 445 g/mol. The monoisotopic (exact) mass is 444 g/mol. The molecule has 0 radical (unpaired) electrons. The third kappa shape index (κ3) is 3.25. The van der Waals surface area contributed by atoms with E-state index in [4.69, 9.17) is 4.74 Å². The lowest BCUT2D eigenvalue weighted by atomic mass is 10.2. The maximum absolute atomic E-state index is 6.28. The fourth-order valence-electron chi connectivity index (χ4n) is 5.07. The number of hydrogen-bond acceptors (Lipinski definition) is 1. The number of nitrogens with zero attached hydrogens (tertiary/aromatic N) is 4. The molecule has 7 rings (SSSR count). The number of imidazole rings is 2. The van der Waals surface area contributed by atoms with E-state index < -0.39 is 0 Å². The van der Waals surface area contributed by atoms with Crippen LogP contribution in [0.2, 0.25) is 0 Å². The van der Waals surface area contributed by atoms with Crippen molar-refractivity contribution < 1.29 is 13.9 Å². The highest BCUT2D eigenvalue weighted by atomic mass is 16.5. The summed E-state index contributed by atoms with van der Waals surface area (Å²) in [7, 11) is 0. The van der Waals surface area contributed by atoms with E-state index in [-0.39, 0.29) is 0 Å². The van der Waals surface area contributed by atoms with Crippen molar-refractivity contribution in [1.82, 2.24) is 9.13 Å². The zero-order chi connectivity index (χ0) is 22.5. The Morgan fingerprint density at radius 3 is 1.59 bits per heavy atom. The van der Waals surface area contributed by atoms with Crippen molar-refractivity contribution in [2.75, 3.05) is 0 Å². The molecule has 1 aliphatic heterocycles. The van der Waals surface area contributed by atoms with Crippen LogP contribution < -0.4 is 13.9 Å². The lowest BCUT2D eigenvalue weighted by molar-refractivity contribution is -0.890. The first kappa shape index (κ1) is 19.1. The predicted molar refractivity (Wildman–Crippen MR) is 131 cm³/mol. The van der Waals surface area contributed by atoms with Gasteiger partial charge in [0.2, 0.25) is 19.3 Å². The highest BCUT2D eigenvalue weighted by molar-refractivity contribution is 5.72. The molecule has 0 unspecified atom stereocenters. The number of aromatic nitrogens is 4. The molecule has 0 N–H and O–H groups in total. The van der Waals surface area contributed by atoms with E-state index in [0.717, 1.165) is 31.3 Å². The molecular formula is C29H24N4O+2. The minimum absolute atomic E-state index is 0.740. The van der Waals surface area contributed by atoms with Crippen LogP contribution in [0.4, 0.5) is 0 Å². The highest BCUT2D eigenvalue weighted by Crippen LogP contribution is 2.25. The number of para-hydroxylation sites is 4. The first-order valence-electron chi connectivity index (χ1n) is 11.6. The van der Waals surface area contributed by atoms with Crippen LogP contribution in [-0.4, -0.2) is 9.13 Å². The topological polar surface area (TPSA) is 26.8 Å². The number of ether oxygens (including phenoxy) is 1. The molecule has 1 aliphatic rings. The number of hydrogen-bond donors (Lipinski definition) is 0. The number of fused-ring (bicyclic) bond motifs is 14. The summed E-state index contributed by atoms with van der Waals surface area (Å²) in [6.07, 6.45) is 4.46. The molecule has 164 valence electrons. The van der Waals surface area contributed by atoms with Crippen molar-refractivity contribution >= 4 is 22.1 Å². The molecule has 0 saturated carbocycles. The van der Waals surface area contributed by atoms with Gasteiger partial charge in [0.1, 0.15) is 24.6 Å². The molecular weight excluding hydrogens is 420 g/mol. The van der Waals surface area contributed by atoms with E-state index in [0.29, 0.717) is 0 Å². The smallest absolute Gasteiger partial charge is 0.248 e. The SMILES string of the molecule is c1cc2cc(c1)Oc1cccc(c1)Cn1c[n+](c3ccccc31)C[n+]1cn(c3ccccc31)C2. The summed E-state index contributed by atoms with van der Waals surface area (Å²) in [5, 5.41) is 0. The van der Waals surface area contributed by atoms with Crippen molar-refractivity contribution in [3.63, 3.8) is 0 Å². The van der Waals surface area contributed by atoms with Crippen LogP contribution in [0.3, 0.4) is 0 Å². The number of benzene rings is 4. The first-order chi connectivity index (χ1) is 16.8. The van der Waals surface area contributed by atoms with Crippen LogP contribution in [-0.2, 0) is 19.8 Å². The quantitative estimate of drug-likeness (QED) is 0.306. The molecule has 2 aromatic heterocycles. The zero-order valence-corrected chi connectivity index (χ0v) is 18.7. The molecule has 5 nitrogen and oxygen atoms in total. The molecule has 5 heteroatoms. The van der Waals surface area contributed by atoms with Gasteiger partial charge in [-0.1, -0.05) is 48.5 Å². The molecule has 34 heavy (non-hydrogen) atoms.